The molecule has 4 aliphatic rings. The van der Waals surface area contributed by atoms with Crippen molar-refractivity contribution in [2.24, 2.45) is 0 Å². The number of rotatable bonds is 2. The van der Waals surface area contributed by atoms with Gasteiger partial charge in [-0.25, -0.2) is 0 Å². The van der Waals surface area contributed by atoms with Gasteiger partial charge in [0, 0.05) is 24.5 Å². The Balaban J connectivity index is 1.85. The first kappa shape index (κ1) is 8.48. The maximum atomic E-state index is 9.89. The van der Waals surface area contributed by atoms with Crippen molar-refractivity contribution < 1.29 is 9.84 Å². The van der Waals surface area contributed by atoms with E-state index in [1.165, 1.54) is 0 Å². The van der Waals surface area contributed by atoms with E-state index in [0.717, 1.165) is 19.4 Å². The van der Waals surface area contributed by atoms with Gasteiger partial charge >= 0.3 is 0 Å². The van der Waals surface area contributed by atoms with Crippen LogP contribution in [-0.4, -0.2) is 52.8 Å². The van der Waals surface area contributed by atoms with E-state index in [4.69, 9.17) is 16.3 Å². The van der Waals surface area contributed by atoms with Gasteiger partial charge in [-0.1, -0.05) is 0 Å². The van der Waals surface area contributed by atoms with E-state index in [2.05, 4.69) is 4.90 Å². The molecule has 13 heavy (non-hydrogen) atoms. The Kier molecular flexibility index (Phi) is 1.84. The summed E-state index contributed by atoms with van der Waals surface area (Å²) in [6, 6.07) is 0.763. The summed E-state index contributed by atoms with van der Waals surface area (Å²) in [5.41, 5.74) is 0. The predicted octanol–water partition coefficient (Wildman–Crippen LogP) is 0.200. The maximum Gasteiger partial charge on any atom is 0.101 e. The number of hydrogen-bond donors (Lipinski definition) is 1. The summed E-state index contributed by atoms with van der Waals surface area (Å²) in [7, 11) is 0. The predicted molar refractivity (Wildman–Crippen MR) is 48.9 cm³/mol. The normalized spacial score (nSPS) is 53.5. The van der Waals surface area contributed by atoms with Crippen LogP contribution in [0.3, 0.4) is 0 Å². The average molecular weight is 204 g/mol. The lowest BCUT2D eigenvalue weighted by Crippen LogP contribution is -2.47. The van der Waals surface area contributed by atoms with Crippen LogP contribution in [0.2, 0.25) is 0 Å². The number of halogens is 1. The highest BCUT2D eigenvalue weighted by Gasteiger charge is 2.58. The van der Waals surface area contributed by atoms with Crippen LogP contribution in [-0.2, 0) is 4.74 Å². The third-order valence-electron chi connectivity index (χ3n) is 3.66. The van der Waals surface area contributed by atoms with Gasteiger partial charge in [-0.3, -0.25) is 4.90 Å². The van der Waals surface area contributed by atoms with Crippen LogP contribution < -0.4 is 0 Å². The van der Waals surface area contributed by atoms with Gasteiger partial charge in [-0.15, -0.1) is 11.6 Å². The summed E-state index contributed by atoms with van der Waals surface area (Å²) in [6.45, 7) is 0.889. The fourth-order valence-electron chi connectivity index (χ4n) is 3.19. The molecule has 0 amide bonds. The quantitative estimate of drug-likeness (QED) is 0.651. The summed E-state index contributed by atoms with van der Waals surface area (Å²) < 4.78 is 5.71. The molecule has 74 valence electrons. The maximum absolute atomic E-state index is 9.89. The topological polar surface area (TPSA) is 32.7 Å². The second-order valence-electron chi connectivity index (χ2n) is 4.25. The lowest BCUT2D eigenvalue weighted by Gasteiger charge is -2.35. The number of aliphatic hydroxyl groups is 1. The number of alkyl halides is 1. The van der Waals surface area contributed by atoms with Crippen molar-refractivity contribution in [2.75, 3.05) is 12.4 Å². The van der Waals surface area contributed by atoms with E-state index in [1.807, 2.05) is 0 Å². The minimum absolute atomic E-state index is 0.0759. The molecule has 4 heterocycles. The molecule has 4 fully saturated rings. The SMILES string of the molecule is OC1C2OC3CC1N(CCCl)C2C3. The van der Waals surface area contributed by atoms with E-state index in [1.54, 1.807) is 0 Å². The van der Waals surface area contributed by atoms with Crippen LogP contribution in [0.1, 0.15) is 12.8 Å². The number of piperidine rings is 1. The van der Waals surface area contributed by atoms with Crippen LogP contribution in [0.4, 0.5) is 0 Å². The highest BCUT2D eigenvalue weighted by Crippen LogP contribution is 2.45. The van der Waals surface area contributed by atoms with Crippen LogP contribution in [0.5, 0.6) is 0 Å². The smallest absolute Gasteiger partial charge is 0.101 e. The van der Waals surface area contributed by atoms with E-state index in [-0.39, 0.29) is 12.2 Å². The van der Waals surface area contributed by atoms with Gasteiger partial charge in [0.05, 0.1) is 12.2 Å². The minimum Gasteiger partial charge on any atom is -0.389 e. The zero-order valence-corrected chi connectivity index (χ0v) is 8.15. The Morgan fingerprint density at radius 2 is 2.15 bits per heavy atom. The molecule has 4 heteroatoms. The van der Waals surface area contributed by atoms with Crippen molar-refractivity contribution in [1.29, 1.82) is 0 Å². The Morgan fingerprint density at radius 3 is 2.85 bits per heavy atom. The molecular weight excluding hydrogens is 190 g/mol. The van der Waals surface area contributed by atoms with E-state index < -0.39 is 0 Å². The Hall–Kier alpha value is 0.170. The summed E-state index contributed by atoms with van der Waals surface area (Å²) in [5, 5.41) is 9.89. The van der Waals surface area contributed by atoms with Gasteiger partial charge in [0.25, 0.3) is 0 Å². The lowest BCUT2D eigenvalue weighted by atomic mass is 10.00. The van der Waals surface area contributed by atoms with Crippen LogP contribution in [0, 0.1) is 0 Å². The van der Waals surface area contributed by atoms with Gasteiger partial charge in [-0.05, 0) is 12.8 Å². The number of ether oxygens (including phenoxy) is 1. The highest BCUT2D eigenvalue weighted by atomic mass is 35.5. The molecule has 3 nitrogen and oxygen atoms in total. The molecule has 1 N–H and O–H groups in total. The number of hydrogen-bond acceptors (Lipinski definition) is 3. The van der Waals surface area contributed by atoms with Crippen molar-refractivity contribution in [3.8, 4) is 0 Å². The summed E-state index contributed by atoms with van der Waals surface area (Å²) >= 11 is 5.74. The van der Waals surface area contributed by atoms with Gasteiger partial charge in [0.15, 0.2) is 0 Å². The molecule has 4 bridgehead atoms. The van der Waals surface area contributed by atoms with Crippen molar-refractivity contribution in [3.05, 3.63) is 0 Å². The zero-order valence-electron chi connectivity index (χ0n) is 7.40. The molecule has 5 atom stereocenters. The fraction of sp³-hybridized carbons (Fsp3) is 1.00. The molecule has 0 radical (unpaired) electrons. The molecule has 4 saturated heterocycles. The molecule has 0 aliphatic carbocycles. The van der Waals surface area contributed by atoms with Gasteiger partial charge < -0.3 is 9.84 Å². The van der Waals surface area contributed by atoms with Crippen molar-refractivity contribution in [1.82, 2.24) is 4.90 Å². The van der Waals surface area contributed by atoms with Gasteiger partial charge in [0.2, 0.25) is 0 Å². The Morgan fingerprint density at radius 1 is 1.38 bits per heavy atom. The molecule has 0 aromatic heterocycles. The first-order valence-electron chi connectivity index (χ1n) is 4.96. The molecule has 0 spiro atoms. The first-order valence-corrected chi connectivity index (χ1v) is 5.50. The standard InChI is InChI=1S/C9H14ClNO2/c10-1-2-11-6-3-5-4-7(11)9(13-5)8(6)12/h5-9,12H,1-4H2. The summed E-state index contributed by atoms with van der Waals surface area (Å²) in [4.78, 5) is 2.34. The molecule has 4 rings (SSSR count). The molecule has 0 aromatic rings. The average Bonchev–Trinajstić information content (AvgIpc) is 2.53. The van der Waals surface area contributed by atoms with Crippen LogP contribution >= 0.6 is 11.6 Å². The largest absolute Gasteiger partial charge is 0.389 e. The summed E-state index contributed by atoms with van der Waals surface area (Å²) in [6.07, 6.45) is 2.30. The van der Waals surface area contributed by atoms with Crippen LogP contribution in [0.25, 0.3) is 0 Å². The second-order valence-corrected chi connectivity index (χ2v) is 4.62. The zero-order chi connectivity index (χ0) is 9.00. The molecule has 4 aliphatic heterocycles. The Bertz CT molecular complexity index is 224. The second kappa shape index (κ2) is 2.83. The minimum atomic E-state index is -0.271. The molecule has 0 saturated carbocycles. The Labute approximate surface area is 82.6 Å². The van der Waals surface area contributed by atoms with E-state index in [9.17, 15) is 5.11 Å². The lowest BCUT2D eigenvalue weighted by molar-refractivity contribution is -0.0771. The summed E-state index contributed by atoms with van der Waals surface area (Å²) in [5.74, 6) is 0.650. The van der Waals surface area contributed by atoms with Crippen molar-refractivity contribution in [2.45, 2.75) is 43.2 Å². The third kappa shape index (κ3) is 1.02. The monoisotopic (exact) mass is 203 g/mol. The number of aliphatic hydroxyl groups excluding tert-OH is 1. The first-order chi connectivity index (χ1) is 6.31. The fourth-order valence-corrected chi connectivity index (χ4v) is 3.39. The van der Waals surface area contributed by atoms with E-state index in [0.29, 0.717) is 24.1 Å². The highest BCUT2D eigenvalue weighted by molar-refractivity contribution is 6.18. The van der Waals surface area contributed by atoms with E-state index >= 15 is 0 Å². The molecule has 5 unspecified atom stereocenters. The molecule has 0 aromatic carbocycles. The van der Waals surface area contributed by atoms with Gasteiger partial charge in [0.1, 0.15) is 6.10 Å². The molecular formula is C9H14ClNO2. The van der Waals surface area contributed by atoms with Crippen molar-refractivity contribution >= 4 is 11.6 Å². The van der Waals surface area contributed by atoms with Gasteiger partial charge in [-0.2, -0.15) is 0 Å². The van der Waals surface area contributed by atoms with Crippen molar-refractivity contribution in [3.63, 3.8) is 0 Å². The number of nitrogens with zero attached hydrogens (tertiary/aromatic N) is 1. The third-order valence-corrected chi connectivity index (χ3v) is 3.83. The van der Waals surface area contributed by atoms with Crippen LogP contribution in [0.15, 0.2) is 0 Å².